The number of amides is 1. The number of hydrogen-bond acceptors (Lipinski definition) is 2. The second kappa shape index (κ2) is 6.71. The fourth-order valence-electron chi connectivity index (χ4n) is 2.16. The molecule has 0 aliphatic carbocycles. The molecular weight excluding hydrogens is 236 g/mol. The third kappa shape index (κ3) is 5.43. The van der Waals surface area contributed by atoms with E-state index in [1.54, 1.807) is 0 Å². The smallest absolute Gasteiger partial charge is 0.224 e. The zero-order valence-corrected chi connectivity index (χ0v) is 12.5. The molecule has 3 N–H and O–H groups in total. The predicted octanol–water partition coefficient (Wildman–Crippen LogP) is 2.62. The lowest BCUT2D eigenvalue weighted by Gasteiger charge is -2.24. The van der Waals surface area contributed by atoms with Gasteiger partial charge in [-0.3, -0.25) is 4.79 Å². The summed E-state index contributed by atoms with van der Waals surface area (Å²) in [6.45, 7) is 9.42. The number of carbonyl (C=O) groups is 1. The van der Waals surface area contributed by atoms with Crippen molar-refractivity contribution in [3.8, 4) is 0 Å². The highest BCUT2D eigenvalue weighted by Gasteiger charge is 2.23. The van der Waals surface area contributed by atoms with Crippen LogP contribution in [0.1, 0.15) is 38.3 Å². The summed E-state index contributed by atoms with van der Waals surface area (Å²) in [7, 11) is 0. The highest BCUT2D eigenvalue weighted by atomic mass is 16.1. The van der Waals surface area contributed by atoms with Gasteiger partial charge < -0.3 is 11.1 Å². The van der Waals surface area contributed by atoms with Crippen LogP contribution in [0.3, 0.4) is 0 Å². The average molecular weight is 262 g/mol. The molecule has 1 atom stereocenters. The Morgan fingerprint density at radius 2 is 1.95 bits per heavy atom. The monoisotopic (exact) mass is 262 g/mol. The Kier molecular flexibility index (Phi) is 5.55. The van der Waals surface area contributed by atoms with E-state index in [0.29, 0.717) is 13.1 Å². The van der Waals surface area contributed by atoms with Crippen LogP contribution in [0.5, 0.6) is 0 Å². The van der Waals surface area contributed by atoms with E-state index < -0.39 is 0 Å². The largest absolute Gasteiger partial charge is 0.352 e. The van der Waals surface area contributed by atoms with E-state index in [1.165, 1.54) is 5.56 Å². The third-order valence-corrected chi connectivity index (χ3v) is 3.23. The molecule has 3 nitrogen and oxygen atoms in total. The van der Waals surface area contributed by atoms with Gasteiger partial charge in [-0.15, -0.1) is 0 Å². The zero-order chi connectivity index (χ0) is 14.5. The molecule has 106 valence electrons. The summed E-state index contributed by atoms with van der Waals surface area (Å²) in [6.07, 6.45) is 0.809. The first-order chi connectivity index (χ1) is 8.83. The van der Waals surface area contributed by atoms with Crippen molar-refractivity contribution in [2.75, 3.05) is 6.54 Å². The topological polar surface area (TPSA) is 55.1 Å². The predicted molar refractivity (Wildman–Crippen MR) is 79.6 cm³/mol. The SMILES string of the molecule is Cc1ccccc1CNC(=O)C(CN)CC(C)(C)C. The van der Waals surface area contributed by atoms with Gasteiger partial charge in [-0.1, -0.05) is 45.0 Å². The van der Waals surface area contributed by atoms with Crippen molar-refractivity contribution in [3.63, 3.8) is 0 Å². The van der Waals surface area contributed by atoms with Crippen molar-refractivity contribution in [1.82, 2.24) is 5.32 Å². The molecule has 19 heavy (non-hydrogen) atoms. The van der Waals surface area contributed by atoms with E-state index in [1.807, 2.05) is 18.2 Å². The van der Waals surface area contributed by atoms with Gasteiger partial charge >= 0.3 is 0 Å². The molecule has 0 bridgehead atoms. The summed E-state index contributed by atoms with van der Waals surface area (Å²) in [4.78, 5) is 12.1. The normalized spacial score (nSPS) is 13.1. The van der Waals surface area contributed by atoms with Gasteiger partial charge in [0.15, 0.2) is 0 Å². The number of nitrogens with one attached hydrogen (secondary N) is 1. The summed E-state index contributed by atoms with van der Waals surface area (Å²) >= 11 is 0. The van der Waals surface area contributed by atoms with E-state index >= 15 is 0 Å². The minimum atomic E-state index is -0.107. The molecule has 0 saturated heterocycles. The molecule has 0 fully saturated rings. The second-order valence-corrected chi connectivity index (χ2v) is 6.34. The van der Waals surface area contributed by atoms with Crippen molar-refractivity contribution < 1.29 is 4.79 Å². The van der Waals surface area contributed by atoms with E-state index in [9.17, 15) is 4.79 Å². The van der Waals surface area contributed by atoms with Crippen LogP contribution in [0.2, 0.25) is 0 Å². The number of benzene rings is 1. The van der Waals surface area contributed by atoms with E-state index in [4.69, 9.17) is 5.73 Å². The van der Waals surface area contributed by atoms with Crippen LogP contribution in [0.15, 0.2) is 24.3 Å². The first kappa shape index (κ1) is 15.7. The zero-order valence-electron chi connectivity index (χ0n) is 12.5. The Morgan fingerprint density at radius 3 is 2.47 bits per heavy atom. The van der Waals surface area contributed by atoms with Gasteiger partial charge in [0.05, 0.1) is 5.92 Å². The van der Waals surface area contributed by atoms with Gasteiger partial charge in [-0.25, -0.2) is 0 Å². The Hall–Kier alpha value is -1.35. The van der Waals surface area contributed by atoms with Crippen molar-refractivity contribution in [2.24, 2.45) is 17.1 Å². The minimum absolute atomic E-state index is 0.0562. The maximum atomic E-state index is 12.1. The first-order valence-electron chi connectivity index (χ1n) is 6.86. The second-order valence-electron chi connectivity index (χ2n) is 6.34. The minimum Gasteiger partial charge on any atom is -0.352 e. The molecule has 1 rings (SSSR count). The van der Waals surface area contributed by atoms with Crippen LogP contribution in [0.25, 0.3) is 0 Å². The number of carbonyl (C=O) groups excluding carboxylic acids is 1. The molecule has 0 spiro atoms. The van der Waals surface area contributed by atoms with Crippen molar-refractivity contribution in [3.05, 3.63) is 35.4 Å². The van der Waals surface area contributed by atoms with Crippen LogP contribution in [-0.4, -0.2) is 12.5 Å². The van der Waals surface area contributed by atoms with Gasteiger partial charge in [0.25, 0.3) is 0 Å². The van der Waals surface area contributed by atoms with E-state index in [2.05, 4.69) is 39.1 Å². The Labute approximate surface area is 116 Å². The molecular formula is C16H26N2O. The fraction of sp³-hybridized carbons (Fsp3) is 0.562. The third-order valence-electron chi connectivity index (χ3n) is 3.23. The standard InChI is InChI=1S/C16H26N2O/c1-12-7-5-6-8-13(12)11-18-15(19)14(10-17)9-16(2,3)4/h5-8,14H,9-11,17H2,1-4H3,(H,18,19). The van der Waals surface area contributed by atoms with Crippen LogP contribution >= 0.6 is 0 Å². The number of nitrogens with two attached hydrogens (primary N) is 1. The quantitative estimate of drug-likeness (QED) is 0.857. The summed E-state index contributed by atoms with van der Waals surface area (Å²) in [5, 5.41) is 2.99. The van der Waals surface area contributed by atoms with E-state index in [0.717, 1.165) is 12.0 Å². The van der Waals surface area contributed by atoms with Crippen LogP contribution in [0.4, 0.5) is 0 Å². The molecule has 0 saturated carbocycles. The van der Waals surface area contributed by atoms with Crippen LogP contribution in [-0.2, 0) is 11.3 Å². The highest BCUT2D eigenvalue weighted by molar-refractivity contribution is 5.78. The van der Waals surface area contributed by atoms with Crippen LogP contribution < -0.4 is 11.1 Å². The average Bonchev–Trinajstić information content (AvgIpc) is 2.33. The molecule has 1 unspecified atom stereocenters. The summed E-state index contributed by atoms with van der Waals surface area (Å²) in [5.74, 6) is -0.0512. The van der Waals surface area contributed by atoms with Crippen molar-refractivity contribution in [1.29, 1.82) is 0 Å². The van der Waals surface area contributed by atoms with Gasteiger partial charge in [-0.05, 0) is 29.9 Å². The fourth-order valence-corrected chi connectivity index (χ4v) is 2.16. The molecule has 0 aromatic heterocycles. The molecule has 0 aliphatic heterocycles. The maximum absolute atomic E-state index is 12.1. The highest BCUT2D eigenvalue weighted by Crippen LogP contribution is 2.24. The Bertz CT molecular complexity index is 421. The molecule has 0 heterocycles. The lowest BCUT2D eigenvalue weighted by atomic mass is 9.84. The first-order valence-corrected chi connectivity index (χ1v) is 6.86. The lowest BCUT2D eigenvalue weighted by molar-refractivity contribution is -0.125. The molecule has 1 aromatic carbocycles. The summed E-state index contributed by atoms with van der Waals surface area (Å²) < 4.78 is 0. The van der Waals surface area contributed by atoms with Gasteiger partial charge in [0.2, 0.25) is 5.91 Å². The van der Waals surface area contributed by atoms with E-state index in [-0.39, 0.29) is 17.2 Å². The van der Waals surface area contributed by atoms with Crippen molar-refractivity contribution in [2.45, 2.75) is 40.7 Å². The number of aryl methyl sites for hydroxylation is 1. The molecule has 3 heteroatoms. The van der Waals surface area contributed by atoms with Gasteiger partial charge in [0, 0.05) is 13.1 Å². The molecule has 0 radical (unpaired) electrons. The number of rotatable bonds is 5. The maximum Gasteiger partial charge on any atom is 0.224 e. The summed E-state index contributed by atoms with van der Waals surface area (Å²) in [5.41, 5.74) is 8.19. The van der Waals surface area contributed by atoms with Gasteiger partial charge in [0.1, 0.15) is 0 Å². The molecule has 1 amide bonds. The Morgan fingerprint density at radius 1 is 1.32 bits per heavy atom. The van der Waals surface area contributed by atoms with Gasteiger partial charge in [-0.2, -0.15) is 0 Å². The number of hydrogen-bond donors (Lipinski definition) is 2. The molecule has 1 aromatic rings. The van der Waals surface area contributed by atoms with Crippen LogP contribution in [0, 0.1) is 18.3 Å². The summed E-state index contributed by atoms with van der Waals surface area (Å²) in [6, 6.07) is 8.08. The lowest BCUT2D eigenvalue weighted by Crippen LogP contribution is -2.37. The Balaban J connectivity index is 2.57. The molecule has 0 aliphatic rings. The van der Waals surface area contributed by atoms with Crippen molar-refractivity contribution >= 4 is 5.91 Å².